The lowest BCUT2D eigenvalue weighted by Crippen LogP contribution is -2.38. The van der Waals surface area contributed by atoms with Gasteiger partial charge in [-0.05, 0) is 19.2 Å². The van der Waals surface area contributed by atoms with Crippen molar-refractivity contribution in [1.82, 2.24) is 5.32 Å². The quantitative estimate of drug-likeness (QED) is 0.887. The molecule has 0 saturated carbocycles. The summed E-state index contributed by atoms with van der Waals surface area (Å²) in [5.74, 6) is 0. The monoisotopic (exact) mass is 247 g/mol. The van der Waals surface area contributed by atoms with Gasteiger partial charge in [0.2, 0.25) is 0 Å². The molecule has 1 aliphatic heterocycles. The fourth-order valence-corrected chi connectivity index (χ4v) is 2.93. The molecule has 2 atom stereocenters. The van der Waals surface area contributed by atoms with Gasteiger partial charge in [0.1, 0.15) is 6.10 Å². The van der Waals surface area contributed by atoms with Gasteiger partial charge in [0.25, 0.3) is 0 Å². The second kappa shape index (κ2) is 5.27. The topological polar surface area (TPSA) is 30.5 Å². The van der Waals surface area contributed by atoms with Crippen molar-refractivity contribution in [2.24, 2.45) is 0 Å². The maximum absolute atomic E-state index is 5.92. The van der Waals surface area contributed by atoms with Crippen molar-refractivity contribution < 1.29 is 9.47 Å². The van der Waals surface area contributed by atoms with Crippen LogP contribution >= 0.6 is 22.9 Å². The van der Waals surface area contributed by atoms with Crippen molar-refractivity contribution in [1.29, 1.82) is 0 Å². The van der Waals surface area contributed by atoms with Crippen molar-refractivity contribution in [2.45, 2.75) is 12.1 Å². The molecule has 1 fully saturated rings. The number of likely N-dealkylation sites (N-methyl/N-ethyl adjacent to an activating group) is 1. The number of thiophene rings is 1. The molecule has 1 N–H and O–H groups in total. The van der Waals surface area contributed by atoms with Gasteiger partial charge in [0.15, 0.2) is 0 Å². The van der Waals surface area contributed by atoms with E-state index in [-0.39, 0.29) is 12.1 Å². The van der Waals surface area contributed by atoms with Gasteiger partial charge in [-0.25, -0.2) is 0 Å². The molecule has 1 saturated heterocycles. The molecule has 3 nitrogen and oxygen atoms in total. The maximum atomic E-state index is 5.92. The van der Waals surface area contributed by atoms with Crippen LogP contribution < -0.4 is 5.32 Å². The molecule has 1 aliphatic rings. The fourth-order valence-electron chi connectivity index (χ4n) is 1.71. The van der Waals surface area contributed by atoms with Crippen molar-refractivity contribution in [3.63, 3.8) is 0 Å². The molecule has 0 radical (unpaired) electrons. The zero-order chi connectivity index (χ0) is 10.7. The zero-order valence-electron chi connectivity index (χ0n) is 8.53. The first-order valence-electron chi connectivity index (χ1n) is 4.93. The molecule has 2 unspecified atom stereocenters. The first-order valence-corrected chi connectivity index (χ1v) is 6.12. The van der Waals surface area contributed by atoms with Gasteiger partial charge < -0.3 is 14.8 Å². The Kier molecular flexibility index (Phi) is 3.99. The van der Waals surface area contributed by atoms with Gasteiger partial charge in [0.05, 0.1) is 30.2 Å². The SMILES string of the molecule is CNC(c1ccc(Cl)s1)C1COCCO1. The van der Waals surface area contributed by atoms with Gasteiger partial charge in [-0.3, -0.25) is 0 Å². The molecule has 0 bridgehead atoms. The van der Waals surface area contributed by atoms with Crippen molar-refractivity contribution in [2.75, 3.05) is 26.9 Å². The summed E-state index contributed by atoms with van der Waals surface area (Å²) in [4.78, 5) is 1.19. The number of hydrogen-bond acceptors (Lipinski definition) is 4. The van der Waals surface area contributed by atoms with Crippen molar-refractivity contribution >= 4 is 22.9 Å². The van der Waals surface area contributed by atoms with Crippen LogP contribution in [0.4, 0.5) is 0 Å². The molecule has 0 amide bonds. The second-order valence-corrected chi connectivity index (χ2v) is 5.14. The third-order valence-electron chi connectivity index (χ3n) is 2.43. The number of halogens is 1. The predicted molar refractivity (Wildman–Crippen MR) is 61.7 cm³/mol. The smallest absolute Gasteiger partial charge is 0.101 e. The average molecular weight is 248 g/mol. The van der Waals surface area contributed by atoms with E-state index < -0.39 is 0 Å². The highest BCUT2D eigenvalue weighted by Gasteiger charge is 2.26. The highest BCUT2D eigenvalue weighted by molar-refractivity contribution is 7.16. The van der Waals surface area contributed by atoms with E-state index in [0.29, 0.717) is 19.8 Å². The average Bonchev–Trinajstić information content (AvgIpc) is 2.68. The zero-order valence-corrected chi connectivity index (χ0v) is 10.1. The lowest BCUT2D eigenvalue weighted by Gasteiger charge is -2.29. The summed E-state index contributed by atoms with van der Waals surface area (Å²) in [5, 5.41) is 3.25. The fraction of sp³-hybridized carbons (Fsp3) is 0.600. The van der Waals surface area contributed by atoms with Gasteiger partial charge in [-0.15, -0.1) is 11.3 Å². The summed E-state index contributed by atoms with van der Waals surface area (Å²) in [6, 6.07) is 4.12. The van der Waals surface area contributed by atoms with Crippen LogP contribution in [-0.4, -0.2) is 33.0 Å². The normalized spacial score (nSPS) is 24.0. The van der Waals surface area contributed by atoms with Crippen LogP contribution in [0.3, 0.4) is 0 Å². The van der Waals surface area contributed by atoms with E-state index in [1.165, 1.54) is 4.88 Å². The van der Waals surface area contributed by atoms with E-state index in [9.17, 15) is 0 Å². The minimum atomic E-state index is 0.0819. The van der Waals surface area contributed by atoms with Crippen LogP contribution in [0.5, 0.6) is 0 Å². The molecule has 0 spiro atoms. The standard InChI is InChI=1S/C10H14ClNO2S/c1-12-10(7-6-13-4-5-14-7)8-2-3-9(11)15-8/h2-3,7,10,12H,4-6H2,1H3. The Balaban J connectivity index is 2.08. The van der Waals surface area contributed by atoms with Crippen LogP contribution in [0, 0.1) is 0 Å². The highest BCUT2D eigenvalue weighted by atomic mass is 35.5. The van der Waals surface area contributed by atoms with E-state index in [0.717, 1.165) is 4.34 Å². The molecule has 84 valence electrons. The summed E-state index contributed by atoms with van der Waals surface area (Å²) in [6.07, 6.45) is 0.0819. The van der Waals surface area contributed by atoms with Gasteiger partial charge in [-0.2, -0.15) is 0 Å². The Bertz CT molecular complexity index is 312. The first-order chi connectivity index (χ1) is 7.31. The van der Waals surface area contributed by atoms with Crippen molar-refractivity contribution in [3.8, 4) is 0 Å². The number of ether oxygens (including phenoxy) is 2. The minimum Gasteiger partial charge on any atom is -0.376 e. The molecule has 0 aliphatic carbocycles. The Hall–Kier alpha value is -0.130. The molecule has 5 heteroatoms. The van der Waals surface area contributed by atoms with E-state index in [1.807, 2.05) is 19.2 Å². The van der Waals surface area contributed by atoms with Crippen LogP contribution in [0.1, 0.15) is 10.9 Å². The third-order valence-corrected chi connectivity index (χ3v) is 3.74. The number of nitrogens with one attached hydrogen (secondary N) is 1. The van der Waals surface area contributed by atoms with Gasteiger partial charge in [0, 0.05) is 4.88 Å². The van der Waals surface area contributed by atoms with E-state index in [1.54, 1.807) is 11.3 Å². The number of hydrogen-bond donors (Lipinski definition) is 1. The summed E-state index contributed by atoms with van der Waals surface area (Å²) in [5.41, 5.74) is 0. The van der Waals surface area contributed by atoms with Gasteiger partial charge >= 0.3 is 0 Å². The van der Waals surface area contributed by atoms with Gasteiger partial charge in [-0.1, -0.05) is 11.6 Å². The third kappa shape index (κ3) is 2.71. The highest BCUT2D eigenvalue weighted by Crippen LogP contribution is 2.30. The Morgan fingerprint density at radius 2 is 2.40 bits per heavy atom. The number of rotatable bonds is 3. The Labute approximate surface area is 98.3 Å². The first kappa shape index (κ1) is 11.4. The van der Waals surface area contributed by atoms with Crippen LogP contribution in [-0.2, 0) is 9.47 Å². The minimum absolute atomic E-state index is 0.0819. The summed E-state index contributed by atoms with van der Waals surface area (Å²) in [7, 11) is 1.93. The maximum Gasteiger partial charge on any atom is 0.101 e. The molecular formula is C10H14ClNO2S. The van der Waals surface area contributed by atoms with Crippen LogP contribution in [0.25, 0.3) is 0 Å². The molecule has 2 rings (SSSR count). The van der Waals surface area contributed by atoms with E-state index >= 15 is 0 Å². The lowest BCUT2D eigenvalue weighted by atomic mass is 10.1. The Morgan fingerprint density at radius 1 is 1.53 bits per heavy atom. The predicted octanol–water partition coefficient (Wildman–Crippen LogP) is 2.08. The summed E-state index contributed by atoms with van der Waals surface area (Å²) >= 11 is 7.50. The second-order valence-electron chi connectivity index (χ2n) is 3.39. The molecule has 1 aromatic rings. The molecular weight excluding hydrogens is 234 g/mol. The molecule has 1 aromatic heterocycles. The van der Waals surface area contributed by atoms with E-state index in [4.69, 9.17) is 21.1 Å². The molecule has 15 heavy (non-hydrogen) atoms. The summed E-state index contributed by atoms with van der Waals surface area (Å²) in [6.45, 7) is 2.00. The lowest BCUT2D eigenvalue weighted by molar-refractivity contribution is -0.101. The largest absolute Gasteiger partial charge is 0.376 e. The molecule has 0 aromatic carbocycles. The van der Waals surface area contributed by atoms with Crippen LogP contribution in [0.2, 0.25) is 4.34 Å². The van der Waals surface area contributed by atoms with E-state index in [2.05, 4.69) is 5.32 Å². The van der Waals surface area contributed by atoms with Crippen LogP contribution in [0.15, 0.2) is 12.1 Å². The summed E-state index contributed by atoms with van der Waals surface area (Å²) < 4.78 is 11.9. The van der Waals surface area contributed by atoms with Crippen molar-refractivity contribution in [3.05, 3.63) is 21.3 Å². The molecule has 2 heterocycles. The Morgan fingerprint density at radius 3 is 2.93 bits per heavy atom.